The number of nitrogens with zero attached hydrogens (tertiary/aromatic N) is 1. The number of aromatic nitrogens is 1. The lowest BCUT2D eigenvalue weighted by Gasteiger charge is -2.09. The van der Waals surface area contributed by atoms with Gasteiger partial charge in [0.15, 0.2) is 0 Å². The minimum Gasteiger partial charge on any atom is -0.235 e. The van der Waals surface area contributed by atoms with Crippen molar-refractivity contribution in [3.8, 4) is 11.3 Å². The van der Waals surface area contributed by atoms with Crippen LogP contribution < -0.4 is 0 Å². The van der Waals surface area contributed by atoms with Gasteiger partial charge in [-0.25, -0.2) is 4.98 Å². The molecule has 0 aliphatic rings. The van der Waals surface area contributed by atoms with Gasteiger partial charge in [0.1, 0.15) is 5.15 Å². The van der Waals surface area contributed by atoms with Crippen molar-refractivity contribution in [2.75, 3.05) is 0 Å². The summed E-state index contributed by atoms with van der Waals surface area (Å²) in [5.74, 6) is 0. The SMILES string of the molecule is Clc1ccc(Sc2ccccc2)c(-c2ccccc2)n1. The molecule has 0 atom stereocenters. The van der Waals surface area contributed by atoms with Crippen molar-refractivity contribution < 1.29 is 0 Å². The Hall–Kier alpha value is -1.77. The molecule has 1 aromatic heterocycles. The molecule has 3 aromatic rings. The van der Waals surface area contributed by atoms with Crippen LogP contribution in [0.4, 0.5) is 0 Å². The van der Waals surface area contributed by atoms with Gasteiger partial charge in [0, 0.05) is 15.4 Å². The zero-order chi connectivity index (χ0) is 13.8. The third-order valence-corrected chi connectivity index (χ3v) is 4.11. The Bertz CT molecular complexity index is 699. The zero-order valence-electron chi connectivity index (χ0n) is 10.7. The summed E-state index contributed by atoms with van der Waals surface area (Å²) >= 11 is 7.75. The average Bonchev–Trinajstić information content (AvgIpc) is 2.51. The lowest BCUT2D eigenvalue weighted by atomic mass is 10.1. The molecule has 0 unspecified atom stereocenters. The van der Waals surface area contributed by atoms with E-state index in [0.717, 1.165) is 16.2 Å². The van der Waals surface area contributed by atoms with Crippen molar-refractivity contribution in [3.63, 3.8) is 0 Å². The van der Waals surface area contributed by atoms with Crippen molar-refractivity contribution in [2.45, 2.75) is 9.79 Å². The van der Waals surface area contributed by atoms with Crippen molar-refractivity contribution in [1.82, 2.24) is 4.98 Å². The first-order valence-electron chi connectivity index (χ1n) is 6.28. The van der Waals surface area contributed by atoms with Crippen LogP contribution in [-0.4, -0.2) is 4.98 Å². The fourth-order valence-corrected chi connectivity index (χ4v) is 3.01. The van der Waals surface area contributed by atoms with Crippen LogP contribution in [0.3, 0.4) is 0 Å². The van der Waals surface area contributed by atoms with Gasteiger partial charge in [-0.2, -0.15) is 0 Å². The summed E-state index contributed by atoms with van der Waals surface area (Å²) in [5, 5.41) is 0.515. The molecule has 3 heteroatoms. The maximum Gasteiger partial charge on any atom is 0.129 e. The summed E-state index contributed by atoms with van der Waals surface area (Å²) in [6.07, 6.45) is 0. The summed E-state index contributed by atoms with van der Waals surface area (Å²) in [6, 6.07) is 24.2. The molecular formula is C17H12ClNS. The van der Waals surface area contributed by atoms with Gasteiger partial charge in [-0.3, -0.25) is 0 Å². The fourth-order valence-electron chi connectivity index (χ4n) is 1.92. The highest BCUT2D eigenvalue weighted by Gasteiger charge is 2.09. The Balaban J connectivity index is 2.03. The van der Waals surface area contributed by atoms with Crippen LogP contribution in [0.25, 0.3) is 11.3 Å². The summed E-state index contributed by atoms with van der Waals surface area (Å²) < 4.78 is 0. The van der Waals surface area contributed by atoms with E-state index in [9.17, 15) is 0 Å². The molecule has 20 heavy (non-hydrogen) atoms. The van der Waals surface area contributed by atoms with E-state index in [0.29, 0.717) is 5.15 Å². The molecule has 98 valence electrons. The Labute approximate surface area is 127 Å². The summed E-state index contributed by atoms with van der Waals surface area (Å²) in [6.45, 7) is 0. The molecule has 3 rings (SSSR count). The first-order chi connectivity index (χ1) is 9.83. The molecular weight excluding hydrogens is 286 g/mol. The molecule has 0 N–H and O–H groups in total. The number of benzene rings is 2. The van der Waals surface area contributed by atoms with E-state index in [1.165, 1.54) is 4.90 Å². The van der Waals surface area contributed by atoms with E-state index in [1.807, 2.05) is 60.7 Å². The molecule has 0 saturated carbocycles. The van der Waals surface area contributed by atoms with Crippen LogP contribution in [0.15, 0.2) is 82.6 Å². The zero-order valence-corrected chi connectivity index (χ0v) is 12.2. The predicted molar refractivity (Wildman–Crippen MR) is 85.2 cm³/mol. The molecule has 0 aliphatic heterocycles. The van der Waals surface area contributed by atoms with Crippen molar-refractivity contribution in [3.05, 3.63) is 77.9 Å². The molecule has 0 aliphatic carbocycles. The lowest BCUT2D eigenvalue weighted by molar-refractivity contribution is 1.24. The molecule has 1 heterocycles. The molecule has 2 aromatic carbocycles. The van der Waals surface area contributed by atoms with E-state index in [2.05, 4.69) is 17.1 Å². The Kier molecular flexibility index (Phi) is 4.05. The molecule has 0 spiro atoms. The number of pyridine rings is 1. The van der Waals surface area contributed by atoms with Crippen LogP contribution >= 0.6 is 23.4 Å². The van der Waals surface area contributed by atoms with Crippen LogP contribution in [0, 0.1) is 0 Å². The van der Waals surface area contributed by atoms with Crippen molar-refractivity contribution in [1.29, 1.82) is 0 Å². The van der Waals surface area contributed by atoms with Gasteiger partial charge in [-0.15, -0.1) is 0 Å². The van der Waals surface area contributed by atoms with Crippen LogP contribution in [0.1, 0.15) is 0 Å². The highest BCUT2D eigenvalue weighted by atomic mass is 35.5. The quantitative estimate of drug-likeness (QED) is 0.588. The predicted octanol–water partition coefficient (Wildman–Crippen LogP) is 5.55. The highest BCUT2D eigenvalue weighted by Crippen LogP contribution is 2.35. The van der Waals surface area contributed by atoms with E-state index < -0.39 is 0 Å². The smallest absolute Gasteiger partial charge is 0.129 e. The second-order valence-electron chi connectivity index (χ2n) is 4.26. The number of hydrogen-bond acceptors (Lipinski definition) is 2. The minimum absolute atomic E-state index is 0.515. The Morgan fingerprint density at radius 3 is 2.10 bits per heavy atom. The van der Waals surface area contributed by atoms with Gasteiger partial charge in [0.2, 0.25) is 0 Å². The fraction of sp³-hybridized carbons (Fsp3) is 0. The maximum atomic E-state index is 6.05. The maximum absolute atomic E-state index is 6.05. The summed E-state index contributed by atoms with van der Waals surface area (Å²) in [7, 11) is 0. The topological polar surface area (TPSA) is 12.9 Å². The standard InChI is InChI=1S/C17H12ClNS/c18-16-12-11-15(20-14-9-5-2-6-10-14)17(19-16)13-7-3-1-4-8-13/h1-12H. The van der Waals surface area contributed by atoms with Gasteiger partial charge >= 0.3 is 0 Å². The second-order valence-corrected chi connectivity index (χ2v) is 5.76. The summed E-state index contributed by atoms with van der Waals surface area (Å²) in [5.41, 5.74) is 2.00. The van der Waals surface area contributed by atoms with Crippen LogP contribution in [0.5, 0.6) is 0 Å². The molecule has 0 radical (unpaired) electrons. The second kappa shape index (κ2) is 6.12. The number of rotatable bonds is 3. The highest BCUT2D eigenvalue weighted by molar-refractivity contribution is 7.99. The van der Waals surface area contributed by atoms with E-state index >= 15 is 0 Å². The van der Waals surface area contributed by atoms with Crippen LogP contribution in [-0.2, 0) is 0 Å². The minimum atomic E-state index is 0.515. The third-order valence-electron chi connectivity index (χ3n) is 2.84. The van der Waals surface area contributed by atoms with Crippen molar-refractivity contribution in [2.24, 2.45) is 0 Å². The Morgan fingerprint density at radius 2 is 1.40 bits per heavy atom. The normalized spacial score (nSPS) is 10.4. The molecule has 1 nitrogen and oxygen atoms in total. The van der Waals surface area contributed by atoms with Gasteiger partial charge in [0.25, 0.3) is 0 Å². The average molecular weight is 298 g/mol. The van der Waals surface area contributed by atoms with Crippen LogP contribution in [0.2, 0.25) is 5.15 Å². The first-order valence-corrected chi connectivity index (χ1v) is 7.47. The van der Waals surface area contributed by atoms with E-state index in [1.54, 1.807) is 11.8 Å². The molecule has 0 fully saturated rings. The van der Waals surface area contributed by atoms with E-state index in [4.69, 9.17) is 11.6 Å². The largest absolute Gasteiger partial charge is 0.235 e. The molecule has 0 saturated heterocycles. The van der Waals surface area contributed by atoms with E-state index in [-0.39, 0.29) is 0 Å². The first kappa shape index (κ1) is 13.2. The van der Waals surface area contributed by atoms with Crippen molar-refractivity contribution >= 4 is 23.4 Å². The van der Waals surface area contributed by atoms with Gasteiger partial charge in [-0.1, -0.05) is 71.9 Å². The third kappa shape index (κ3) is 3.03. The summed E-state index contributed by atoms with van der Waals surface area (Å²) in [4.78, 5) is 6.78. The van der Waals surface area contributed by atoms with Gasteiger partial charge < -0.3 is 0 Å². The van der Waals surface area contributed by atoms with Gasteiger partial charge in [0.05, 0.1) is 5.69 Å². The number of halogens is 1. The molecule has 0 bridgehead atoms. The molecule has 0 amide bonds. The lowest BCUT2D eigenvalue weighted by Crippen LogP contribution is -1.88. The number of hydrogen-bond donors (Lipinski definition) is 0. The van der Waals surface area contributed by atoms with Gasteiger partial charge in [-0.05, 0) is 24.3 Å². The monoisotopic (exact) mass is 297 g/mol. The Morgan fingerprint density at radius 1 is 0.750 bits per heavy atom.